The molecule has 1 aromatic rings. The number of nitrogens with zero attached hydrogens (tertiary/aromatic N) is 4. The van der Waals surface area contributed by atoms with E-state index in [9.17, 15) is 24.6 Å². The Morgan fingerprint density at radius 3 is 2.20 bits per heavy atom. The summed E-state index contributed by atoms with van der Waals surface area (Å²) in [4.78, 5) is 49.4. The minimum atomic E-state index is -1.25. The molecule has 300 valence electrons. The third-order valence-corrected chi connectivity index (χ3v) is 9.53. The van der Waals surface area contributed by atoms with Gasteiger partial charge in [0.1, 0.15) is 11.6 Å². The maximum Gasteiger partial charge on any atom is 0.209 e. The lowest BCUT2D eigenvalue weighted by Gasteiger charge is -2.38. The van der Waals surface area contributed by atoms with E-state index < -0.39 is 29.4 Å². The van der Waals surface area contributed by atoms with Crippen molar-refractivity contribution in [2.75, 3.05) is 40.2 Å². The molecule has 0 spiro atoms. The first-order valence-corrected chi connectivity index (χ1v) is 20.3. The minimum absolute atomic E-state index is 0.0376. The summed E-state index contributed by atoms with van der Waals surface area (Å²) in [7, 11) is 3.09. The zero-order valence-corrected chi connectivity index (χ0v) is 35.7. The Kier molecular flexibility index (Phi) is 32.8. The largest absolute Gasteiger partial charge is 0.396 e. The average Bonchev–Trinajstić information content (AvgIpc) is 3.50. The molecule has 51 heavy (non-hydrogen) atoms. The molecule has 12 heteroatoms. The van der Waals surface area contributed by atoms with Crippen molar-refractivity contribution in [1.82, 2.24) is 14.5 Å². The maximum absolute atomic E-state index is 13.9. The second kappa shape index (κ2) is 31.4. The summed E-state index contributed by atoms with van der Waals surface area (Å²) in [5.74, 6) is -0.685. The van der Waals surface area contributed by atoms with Gasteiger partial charge in [-0.2, -0.15) is 11.8 Å². The van der Waals surface area contributed by atoms with Crippen LogP contribution in [0.1, 0.15) is 120 Å². The van der Waals surface area contributed by atoms with E-state index in [-0.39, 0.29) is 49.0 Å². The number of imidazole rings is 1. The number of aromatic nitrogens is 2. The Labute approximate surface area is 315 Å². The number of methoxy groups -OCH3 is 2. The number of ether oxygens (including phenoxy) is 2. The van der Waals surface area contributed by atoms with Gasteiger partial charge in [-0.25, -0.2) is 9.98 Å². The van der Waals surface area contributed by atoms with Crippen LogP contribution in [0.5, 0.6) is 0 Å². The van der Waals surface area contributed by atoms with Gasteiger partial charge in [0.15, 0.2) is 5.82 Å². The molecule has 2 N–H and O–H groups in total. The monoisotopic (exact) mass is 745 g/mol. The summed E-state index contributed by atoms with van der Waals surface area (Å²) in [6.07, 6.45) is 9.07. The van der Waals surface area contributed by atoms with E-state index in [4.69, 9.17) is 9.47 Å². The van der Waals surface area contributed by atoms with E-state index in [0.717, 1.165) is 30.8 Å². The summed E-state index contributed by atoms with van der Waals surface area (Å²) in [5.41, 5.74) is -0.385. The van der Waals surface area contributed by atoms with Crippen LogP contribution < -0.4 is 0 Å². The van der Waals surface area contributed by atoms with E-state index >= 15 is 0 Å². The molecule has 0 radical (unpaired) electrons. The molecule has 0 aromatic carbocycles. The first-order chi connectivity index (χ1) is 24.3. The van der Waals surface area contributed by atoms with Gasteiger partial charge in [0.2, 0.25) is 6.41 Å². The highest BCUT2D eigenvalue weighted by atomic mass is 32.2. The number of carbonyl (C=O) groups excluding carboxylic acids is 3. The molecule has 1 aromatic heterocycles. The standard InChI is InChI=1S/C33H58N4O7S.3C2H6/c1-10-13-34-32-26(5)35-21-36(32)14-11-12-15-37(22-39)27(18-33(6,42)20-43-7)25(4)31(41)23(2)16-29(44-8)30(45-9)17-28(40)24(3)19-38;3*1-2/h13,21-25,27,29-30,38,42H,10-12,14-20H2,1-9H3;3*1-2H3/b34-13-;;;/t23-,24?,25?,27?,29?,30-,33+;;;/m1.../s1. The lowest BCUT2D eigenvalue weighted by Crippen LogP contribution is -2.49. The third-order valence-electron chi connectivity index (χ3n) is 8.46. The van der Waals surface area contributed by atoms with Crippen molar-refractivity contribution in [1.29, 1.82) is 0 Å². The van der Waals surface area contributed by atoms with E-state index in [1.54, 1.807) is 32.2 Å². The SMILES string of the molecule is CC.CC.CC.CC/C=N\c1c(C)ncn1CCCCN(C=O)C(C[C@](C)(O)COC)C(C)C(=O)[C@H](C)CC(OC)[C@@H](CC(=O)C(C)CO)SC. The second-order valence-electron chi connectivity index (χ2n) is 12.4. The zero-order chi connectivity index (χ0) is 40.2. The number of unbranched alkanes of at least 4 members (excludes halogenated alkanes) is 1. The Morgan fingerprint density at radius 1 is 1.10 bits per heavy atom. The molecule has 1 rings (SSSR count). The summed E-state index contributed by atoms with van der Waals surface area (Å²) < 4.78 is 13.0. The van der Waals surface area contributed by atoms with E-state index in [0.29, 0.717) is 25.9 Å². The summed E-state index contributed by atoms with van der Waals surface area (Å²) in [6, 6.07) is -0.549. The van der Waals surface area contributed by atoms with Crippen molar-refractivity contribution in [2.24, 2.45) is 22.7 Å². The van der Waals surface area contributed by atoms with Crippen LogP contribution in [0.2, 0.25) is 0 Å². The van der Waals surface area contributed by atoms with Crippen LogP contribution in [0.4, 0.5) is 5.82 Å². The smallest absolute Gasteiger partial charge is 0.209 e. The number of amides is 1. The summed E-state index contributed by atoms with van der Waals surface area (Å²) >= 11 is 1.51. The van der Waals surface area contributed by atoms with Gasteiger partial charge in [-0.15, -0.1) is 0 Å². The van der Waals surface area contributed by atoms with Crippen LogP contribution in [0.25, 0.3) is 0 Å². The van der Waals surface area contributed by atoms with E-state index in [1.165, 1.54) is 18.9 Å². The molecular formula is C39H76N4O7S. The number of aliphatic hydroxyl groups is 2. The molecule has 0 aliphatic heterocycles. The highest BCUT2D eigenvalue weighted by Gasteiger charge is 2.38. The van der Waals surface area contributed by atoms with E-state index in [1.807, 2.05) is 86.3 Å². The van der Waals surface area contributed by atoms with Crippen LogP contribution in [-0.4, -0.2) is 112 Å². The fraction of sp³-hybridized carbons (Fsp3) is 0.821. The van der Waals surface area contributed by atoms with Crippen molar-refractivity contribution in [3.8, 4) is 0 Å². The van der Waals surface area contributed by atoms with Gasteiger partial charge in [-0.1, -0.05) is 69.2 Å². The normalized spacial score (nSPS) is 15.6. The molecule has 1 heterocycles. The number of thioether (sulfide) groups is 1. The quantitative estimate of drug-likeness (QED) is 0.0597. The van der Waals surface area contributed by atoms with Crippen LogP contribution in [0.15, 0.2) is 11.3 Å². The van der Waals surface area contributed by atoms with Gasteiger partial charge in [-0.05, 0) is 52.2 Å². The molecular weight excluding hydrogens is 669 g/mol. The summed E-state index contributed by atoms with van der Waals surface area (Å²) in [6.45, 7) is 23.9. The molecule has 4 unspecified atom stereocenters. The van der Waals surface area contributed by atoms with Crippen LogP contribution in [-0.2, 0) is 30.4 Å². The number of Topliss-reactive ketones (excluding diaryl/α,β-unsaturated/α-hetero) is 2. The van der Waals surface area contributed by atoms with Crippen molar-refractivity contribution >= 4 is 41.8 Å². The molecule has 0 bridgehead atoms. The zero-order valence-electron chi connectivity index (χ0n) is 34.9. The lowest BCUT2D eigenvalue weighted by atomic mass is 9.81. The first-order valence-electron chi connectivity index (χ1n) is 19.0. The minimum Gasteiger partial charge on any atom is -0.396 e. The average molecular weight is 745 g/mol. The van der Waals surface area contributed by atoms with E-state index in [2.05, 4.69) is 9.98 Å². The number of rotatable bonds is 25. The number of hydrogen-bond acceptors (Lipinski definition) is 10. The first kappa shape index (κ1) is 53.2. The summed E-state index contributed by atoms with van der Waals surface area (Å²) in [5, 5.41) is 20.3. The Bertz CT molecular complexity index is 1070. The molecule has 1 amide bonds. The third kappa shape index (κ3) is 20.1. The van der Waals surface area contributed by atoms with Gasteiger partial charge in [0.25, 0.3) is 0 Å². The number of ketones is 2. The van der Waals surface area contributed by atoms with Gasteiger partial charge >= 0.3 is 0 Å². The fourth-order valence-electron chi connectivity index (χ4n) is 5.63. The van der Waals surface area contributed by atoms with Crippen molar-refractivity contribution < 1.29 is 34.1 Å². The number of aliphatic imine (C=N–C) groups is 1. The van der Waals surface area contributed by atoms with Gasteiger partial charge in [-0.3, -0.25) is 14.4 Å². The molecule has 0 saturated heterocycles. The molecule has 0 aliphatic rings. The predicted octanol–water partition coefficient (Wildman–Crippen LogP) is 7.34. The fourth-order valence-corrected chi connectivity index (χ4v) is 6.49. The van der Waals surface area contributed by atoms with Crippen molar-refractivity contribution in [3.05, 3.63) is 12.0 Å². The second-order valence-corrected chi connectivity index (χ2v) is 13.5. The number of aliphatic hydroxyl groups excluding tert-OH is 1. The highest BCUT2D eigenvalue weighted by molar-refractivity contribution is 7.99. The van der Waals surface area contributed by atoms with Crippen LogP contribution >= 0.6 is 11.8 Å². The van der Waals surface area contributed by atoms with Crippen LogP contribution in [0, 0.1) is 24.7 Å². The lowest BCUT2D eigenvalue weighted by molar-refractivity contribution is -0.133. The Balaban J connectivity index is -0.00000363. The van der Waals surface area contributed by atoms with Gasteiger partial charge < -0.3 is 29.2 Å². The number of carbonyl (C=O) groups is 3. The molecule has 0 aliphatic carbocycles. The van der Waals surface area contributed by atoms with Crippen LogP contribution in [0.3, 0.4) is 0 Å². The molecule has 11 nitrogen and oxygen atoms in total. The van der Waals surface area contributed by atoms with Gasteiger partial charge in [0, 0.05) is 69.0 Å². The molecule has 7 atom stereocenters. The highest BCUT2D eigenvalue weighted by Crippen LogP contribution is 2.30. The number of hydrogen-bond donors (Lipinski definition) is 2. The molecule has 0 saturated carbocycles. The van der Waals surface area contributed by atoms with Crippen molar-refractivity contribution in [3.63, 3.8) is 0 Å². The maximum atomic E-state index is 13.9. The molecule has 0 fully saturated rings. The Hall–Kier alpha value is -2.12. The predicted molar refractivity (Wildman–Crippen MR) is 214 cm³/mol. The Morgan fingerprint density at radius 2 is 1.71 bits per heavy atom. The van der Waals surface area contributed by atoms with Gasteiger partial charge in [0.05, 0.1) is 36.9 Å². The van der Waals surface area contributed by atoms with Crippen molar-refractivity contribution in [2.45, 2.75) is 151 Å². The number of aryl methyl sites for hydroxylation is 2. The topological polar surface area (TPSA) is 144 Å².